The maximum absolute atomic E-state index is 13.7. The molecule has 5 rings (SSSR count). The summed E-state index contributed by atoms with van der Waals surface area (Å²) in [5.74, 6) is 0.721. The Kier molecular flexibility index (Phi) is 6.57. The van der Waals surface area contributed by atoms with E-state index in [2.05, 4.69) is 15.3 Å². The Balaban J connectivity index is 1.66. The first kappa shape index (κ1) is 25.3. The number of halogens is 1. The van der Waals surface area contributed by atoms with Gasteiger partial charge in [-0.1, -0.05) is 48.0 Å². The van der Waals surface area contributed by atoms with Crippen LogP contribution < -0.4 is 21.7 Å². The lowest BCUT2D eigenvalue weighted by Gasteiger charge is -2.21. The molecule has 0 spiro atoms. The van der Waals surface area contributed by atoms with Crippen LogP contribution in [0.2, 0.25) is 5.02 Å². The van der Waals surface area contributed by atoms with E-state index >= 15 is 0 Å². The monoisotopic (exact) mass is 547 g/mol. The fourth-order valence-corrected chi connectivity index (χ4v) is 4.96. The van der Waals surface area contributed by atoms with Crippen LogP contribution in [0.1, 0.15) is 18.8 Å². The minimum Gasteiger partial charge on any atom is -0.368 e. The van der Waals surface area contributed by atoms with Gasteiger partial charge in [0.25, 0.3) is 5.56 Å². The molecule has 38 heavy (non-hydrogen) atoms. The third kappa shape index (κ3) is 4.82. The third-order valence-corrected chi connectivity index (χ3v) is 7.13. The molecule has 1 atom stereocenters. The van der Waals surface area contributed by atoms with Gasteiger partial charge >= 0.3 is 0 Å². The molecule has 0 amide bonds. The van der Waals surface area contributed by atoms with Gasteiger partial charge in [0.15, 0.2) is 0 Å². The molecule has 12 heteroatoms. The van der Waals surface area contributed by atoms with Gasteiger partial charge < -0.3 is 11.1 Å². The molecule has 10 nitrogen and oxygen atoms in total. The number of primary sulfonamides is 1. The van der Waals surface area contributed by atoms with Gasteiger partial charge in [-0.2, -0.15) is 4.98 Å². The second-order valence-corrected chi connectivity index (χ2v) is 10.5. The summed E-state index contributed by atoms with van der Waals surface area (Å²) < 4.78 is 25.3. The normalized spacial score (nSPS) is 12.4. The number of para-hydroxylation sites is 1. The van der Waals surface area contributed by atoms with E-state index in [1.54, 1.807) is 42.5 Å². The van der Waals surface area contributed by atoms with Crippen molar-refractivity contribution in [1.82, 2.24) is 19.5 Å². The zero-order valence-electron chi connectivity index (χ0n) is 20.0. The highest BCUT2D eigenvalue weighted by atomic mass is 35.5. The van der Waals surface area contributed by atoms with Crippen LogP contribution >= 0.6 is 11.6 Å². The van der Waals surface area contributed by atoms with Crippen LogP contribution in [0.3, 0.4) is 0 Å². The summed E-state index contributed by atoms with van der Waals surface area (Å²) in [4.78, 5) is 26.9. The molecule has 0 aliphatic carbocycles. The highest BCUT2D eigenvalue weighted by molar-refractivity contribution is 7.89. The Morgan fingerprint density at radius 3 is 2.47 bits per heavy atom. The van der Waals surface area contributed by atoms with Crippen LogP contribution in [-0.4, -0.2) is 27.9 Å². The molecular weight excluding hydrogens is 526 g/mol. The molecule has 5 aromatic rings. The first-order valence-corrected chi connectivity index (χ1v) is 13.3. The first-order chi connectivity index (χ1) is 18.1. The number of fused-ring (bicyclic) bond motifs is 1. The van der Waals surface area contributed by atoms with Crippen molar-refractivity contribution in [3.63, 3.8) is 0 Å². The van der Waals surface area contributed by atoms with Gasteiger partial charge in [-0.15, -0.1) is 0 Å². The van der Waals surface area contributed by atoms with Crippen molar-refractivity contribution in [3.8, 4) is 16.8 Å². The smallest absolute Gasteiger partial charge is 0.267 e. The minimum atomic E-state index is -3.93. The highest BCUT2D eigenvalue weighted by Crippen LogP contribution is 2.31. The summed E-state index contributed by atoms with van der Waals surface area (Å²) in [6.45, 7) is 1.82. The summed E-state index contributed by atoms with van der Waals surface area (Å²) in [5, 5.41) is 9.20. The SMILES string of the molecule is C[C@@H](Nc1nc(N)ncc1-c1cccc(S(N)(=O)=O)c1)c1nc2cccc(Cl)c2c(=O)n1-c1ccccc1. The average molecular weight is 548 g/mol. The Morgan fingerprint density at radius 1 is 1.00 bits per heavy atom. The van der Waals surface area contributed by atoms with Crippen molar-refractivity contribution in [2.75, 3.05) is 11.1 Å². The van der Waals surface area contributed by atoms with E-state index in [9.17, 15) is 13.2 Å². The molecule has 2 heterocycles. The molecule has 0 radical (unpaired) electrons. The number of anilines is 2. The topological polar surface area (TPSA) is 159 Å². The van der Waals surface area contributed by atoms with Crippen molar-refractivity contribution in [1.29, 1.82) is 0 Å². The standard InChI is InChI=1S/C26H22ClN7O3S/c1-15(31-23-19(14-30-26(28)33-23)16-7-5-10-18(13-16)38(29,36)37)24-32-21-12-6-11-20(27)22(21)25(35)34(24)17-8-3-2-4-9-17/h2-15H,1H3,(H2,29,36,37)(H3,28,30,31,33)/t15-/m1/s1. The van der Waals surface area contributed by atoms with Crippen molar-refractivity contribution >= 4 is 44.3 Å². The van der Waals surface area contributed by atoms with E-state index in [4.69, 9.17) is 27.5 Å². The van der Waals surface area contributed by atoms with Gasteiger partial charge in [-0.05, 0) is 48.9 Å². The van der Waals surface area contributed by atoms with E-state index in [0.717, 1.165) is 0 Å². The lowest BCUT2D eigenvalue weighted by atomic mass is 10.1. The number of sulfonamides is 1. The quantitative estimate of drug-likeness (QED) is 0.288. The molecule has 2 aromatic heterocycles. The first-order valence-electron chi connectivity index (χ1n) is 11.4. The zero-order chi connectivity index (χ0) is 27.0. The molecule has 0 saturated heterocycles. The Labute approximate surface area is 223 Å². The fourth-order valence-electron chi connectivity index (χ4n) is 4.15. The van der Waals surface area contributed by atoms with Crippen molar-refractivity contribution < 1.29 is 8.42 Å². The number of nitrogens with two attached hydrogens (primary N) is 2. The second-order valence-electron chi connectivity index (χ2n) is 8.51. The lowest BCUT2D eigenvalue weighted by molar-refractivity contribution is 0.598. The predicted octanol–water partition coefficient (Wildman–Crippen LogP) is 3.90. The maximum atomic E-state index is 13.7. The van der Waals surface area contributed by atoms with Crippen LogP contribution in [0.15, 0.2) is 88.7 Å². The van der Waals surface area contributed by atoms with E-state index in [1.807, 2.05) is 25.1 Å². The Hall–Kier alpha value is -4.32. The van der Waals surface area contributed by atoms with E-state index in [0.29, 0.717) is 44.4 Å². The van der Waals surface area contributed by atoms with Crippen molar-refractivity contribution in [3.05, 3.63) is 100 Å². The van der Waals surface area contributed by atoms with Crippen LogP contribution in [0.25, 0.3) is 27.7 Å². The number of nitrogens with one attached hydrogen (secondary N) is 1. The van der Waals surface area contributed by atoms with Gasteiger partial charge in [0, 0.05) is 11.8 Å². The van der Waals surface area contributed by atoms with Gasteiger partial charge in [0.2, 0.25) is 16.0 Å². The number of hydrogen-bond acceptors (Lipinski definition) is 8. The fraction of sp³-hybridized carbons (Fsp3) is 0.0769. The molecule has 0 aliphatic rings. The van der Waals surface area contributed by atoms with E-state index in [-0.39, 0.29) is 16.4 Å². The van der Waals surface area contributed by atoms with E-state index < -0.39 is 16.1 Å². The average Bonchev–Trinajstić information content (AvgIpc) is 2.88. The molecule has 3 aromatic carbocycles. The molecule has 192 valence electrons. The largest absolute Gasteiger partial charge is 0.368 e. The number of nitrogens with zero attached hydrogens (tertiary/aromatic N) is 4. The number of nitrogen functional groups attached to an aromatic ring is 1. The van der Waals surface area contributed by atoms with E-state index in [1.165, 1.54) is 22.9 Å². The molecule has 0 fully saturated rings. The van der Waals surface area contributed by atoms with Crippen LogP contribution in [-0.2, 0) is 10.0 Å². The molecule has 0 aliphatic heterocycles. The maximum Gasteiger partial charge on any atom is 0.267 e. The van der Waals surface area contributed by atoms with Gasteiger partial charge in [-0.25, -0.2) is 23.5 Å². The molecular formula is C26H22ClN7O3S. The highest BCUT2D eigenvalue weighted by Gasteiger charge is 2.21. The van der Waals surface area contributed by atoms with Gasteiger partial charge in [-0.3, -0.25) is 9.36 Å². The summed E-state index contributed by atoms with van der Waals surface area (Å²) in [6.07, 6.45) is 1.48. The molecule has 0 bridgehead atoms. The molecule has 5 N–H and O–H groups in total. The summed E-state index contributed by atoms with van der Waals surface area (Å²) in [7, 11) is -3.93. The van der Waals surface area contributed by atoms with Crippen LogP contribution in [0.4, 0.5) is 11.8 Å². The second kappa shape index (κ2) is 9.86. The van der Waals surface area contributed by atoms with Gasteiger partial charge in [0.05, 0.1) is 32.6 Å². The number of rotatable bonds is 6. The zero-order valence-corrected chi connectivity index (χ0v) is 21.6. The number of hydrogen-bond donors (Lipinski definition) is 3. The minimum absolute atomic E-state index is 0.00440. The third-order valence-electron chi connectivity index (χ3n) is 5.91. The predicted molar refractivity (Wildman–Crippen MR) is 148 cm³/mol. The van der Waals surface area contributed by atoms with Crippen LogP contribution in [0, 0.1) is 0 Å². The van der Waals surface area contributed by atoms with Crippen molar-refractivity contribution in [2.45, 2.75) is 17.9 Å². The van der Waals surface area contributed by atoms with Crippen LogP contribution in [0.5, 0.6) is 0 Å². The molecule has 0 unspecified atom stereocenters. The molecule has 0 saturated carbocycles. The number of benzene rings is 3. The lowest BCUT2D eigenvalue weighted by Crippen LogP contribution is -2.27. The van der Waals surface area contributed by atoms with Gasteiger partial charge in [0.1, 0.15) is 11.6 Å². The Bertz CT molecular complexity index is 1840. The summed E-state index contributed by atoms with van der Waals surface area (Å²) in [5.41, 5.74) is 7.61. The summed E-state index contributed by atoms with van der Waals surface area (Å²) in [6, 6.07) is 19.7. The Morgan fingerprint density at radius 2 is 1.74 bits per heavy atom. The summed E-state index contributed by atoms with van der Waals surface area (Å²) >= 11 is 6.38. The number of aromatic nitrogens is 4. The van der Waals surface area contributed by atoms with Crippen molar-refractivity contribution in [2.24, 2.45) is 5.14 Å².